The molecule has 10 N–H and O–H groups in total. The Balaban J connectivity index is 0. The van der Waals surface area contributed by atoms with Crippen molar-refractivity contribution >= 4 is 27.5 Å². The number of phosphoric ester groups is 1. The molecule has 0 aromatic heterocycles. The number of rotatable bonds is 7. The topological polar surface area (TPSA) is 272 Å². The van der Waals surface area contributed by atoms with Gasteiger partial charge in [-0.3, -0.25) is 14.6 Å². The van der Waals surface area contributed by atoms with Gasteiger partial charge in [0.15, 0.2) is 6.04 Å². The van der Waals surface area contributed by atoms with Crippen LogP contribution >= 0.6 is 15.6 Å². The van der Waals surface area contributed by atoms with Gasteiger partial charge in [-0.25, -0.2) is 13.9 Å². The highest BCUT2D eigenvalue weighted by Crippen LogP contribution is 2.36. The maximum absolute atomic E-state index is 11.4. The first-order valence-corrected chi connectivity index (χ1v) is 9.08. The van der Waals surface area contributed by atoms with Crippen molar-refractivity contribution in [3.05, 3.63) is 0 Å². The van der Waals surface area contributed by atoms with Gasteiger partial charge in [0.05, 0.1) is 6.61 Å². The lowest BCUT2D eigenvalue weighted by Gasteiger charge is -2.27. The maximum atomic E-state index is 11.4. The van der Waals surface area contributed by atoms with Gasteiger partial charge in [0.25, 0.3) is 0 Å². The summed E-state index contributed by atoms with van der Waals surface area (Å²) < 4.78 is 23.1. The van der Waals surface area contributed by atoms with Gasteiger partial charge in [0.1, 0.15) is 18.3 Å². The van der Waals surface area contributed by atoms with Crippen LogP contribution < -0.4 is 5.32 Å². The van der Waals surface area contributed by atoms with Crippen molar-refractivity contribution in [1.82, 2.24) is 5.32 Å². The van der Waals surface area contributed by atoms with Crippen LogP contribution in [-0.2, 0) is 23.2 Å². The molecule has 4 atom stereocenters. The summed E-state index contributed by atoms with van der Waals surface area (Å²) in [6.45, 7) is -0.0299. The second-order valence-corrected chi connectivity index (χ2v) is 6.51. The van der Waals surface area contributed by atoms with E-state index in [9.17, 15) is 24.4 Å². The summed E-state index contributed by atoms with van der Waals surface area (Å²) in [5.74, 6) is -2.59. The second-order valence-electron chi connectivity index (χ2n) is 4.32. The Morgan fingerprint density at radius 2 is 1.40 bits per heavy atom. The molecule has 0 radical (unpaired) electrons. The van der Waals surface area contributed by atoms with Crippen molar-refractivity contribution < 1.29 is 68.1 Å². The Labute approximate surface area is 140 Å². The second kappa shape index (κ2) is 10.9. The summed E-state index contributed by atoms with van der Waals surface area (Å²) in [7, 11) is -9.86. The largest absolute Gasteiger partial charge is 0.527 e. The van der Waals surface area contributed by atoms with E-state index in [1.54, 1.807) is 5.32 Å². The molecule has 0 aliphatic carbocycles. The molecule has 0 aliphatic heterocycles. The molecule has 0 bridgehead atoms. The van der Waals surface area contributed by atoms with E-state index in [1.165, 1.54) is 0 Å². The standard InChI is InChI=1S/C8H16NO10P.H3O4P/c1-3(11)9-5(8(15)19-20(16,17)18)7(14)6(13)4(12)2-10;1-5(2,3)4/h4-7,10,12-14H,2H2,1H3,(H,9,11)(H2,16,17,18);(H3,1,2,3,4)/t4-,5-,6-,7-;/m1./s1. The van der Waals surface area contributed by atoms with Crippen molar-refractivity contribution in [3.63, 3.8) is 0 Å². The predicted molar refractivity (Wildman–Crippen MR) is 75.1 cm³/mol. The van der Waals surface area contributed by atoms with Crippen molar-refractivity contribution in [2.45, 2.75) is 31.3 Å². The molecule has 25 heavy (non-hydrogen) atoms. The van der Waals surface area contributed by atoms with E-state index in [4.69, 9.17) is 39.2 Å². The molecule has 150 valence electrons. The quantitative estimate of drug-likeness (QED) is 0.175. The highest BCUT2D eigenvalue weighted by molar-refractivity contribution is 7.46. The number of phosphoric acid groups is 2. The summed E-state index contributed by atoms with van der Waals surface area (Å²) in [5.41, 5.74) is 0. The van der Waals surface area contributed by atoms with Crippen LogP contribution in [0.5, 0.6) is 0 Å². The van der Waals surface area contributed by atoms with Gasteiger partial charge >= 0.3 is 21.6 Å². The number of aliphatic hydroxyl groups excluding tert-OH is 4. The summed E-state index contributed by atoms with van der Waals surface area (Å²) in [5, 5.41) is 38.5. The minimum absolute atomic E-state index is 0.873. The fourth-order valence-electron chi connectivity index (χ4n) is 1.21. The van der Waals surface area contributed by atoms with E-state index in [1.807, 2.05) is 0 Å². The van der Waals surface area contributed by atoms with Crippen LogP contribution in [0.25, 0.3) is 0 Å². The molecule has 0 aliphatic rings. The Morgan fingerprint density at radius 1 is 1.00 bits per heavy atom. The number of carbonyl (C=O) groups excluding carboxylic acids is 2. The van der Waals surface area contributed by atoms with E-state index in [2.05, 4.69) is 4.52 Å². The zero-order chi connectivity index (χ0) is 20.6. The first-order chi connectivity index (χ1) is 11.0. The number of hydrogen-bond acceptors (Lipinski definition) is 9. The van der Waals surface area contributed by atoms with Crippen molar-refractivity contribution in [2.75, 3.05) is 6.61 Å². The van der Waals surface area contributed by atoms with E-state index in [-0.39, 0.29) is 0 Å². The molecule has 0 spiro atoms. The molecule has 0 aromatic carbocycles. The summed E-state index contributed by atoms with van der Waals surface area (Å²) in [6.07, 6.45) is -6.08. The molecular weight excluding hydrogens is 396 g/mol. The fourth-order valence-corrected chi connectivity index (χ4v) is 1.56. The van der Waals surface area contributed by atoms with E-state index in [0.29, 0.717) is 0 Å². The fraction of sp³-hybridized carbons (Fsp3) is 0.750. The third kappa shape index (κ3) is 15.0. The highest BCUT2D eigenvalue weighted by atomic mass is 31.2. The maximum Gasteiger partial charge on any atom is 0.527 e. The number of amides is 1. The van der Waals surface area contributed by atoms with E-state index >= 15 is 0 Å². The lowest BCUT2D eigenvalue weighted by atomic mass is 10.0. The molecule has 17 heteroatoms. The number of carbonyl (C=O) groups is 2. The van der Waals surface area contributed by atoms with Crippen LogP contribution in [0.2, 0.25) is 0 Å². The first kappa shape index (κ1) is 26.3. The highest BCUT2D eigenvalue weighted by Gasteiger charge is 2.39. The normalized spacial score (nSPS) is 16.6. The van der Waals surface area contributed by atoms with Gasteiger partial charge < -0.3 is 44.9 Å². The predicted octanol–water partition coefficient (Wildman–Crippen LogP) is -4.73. The zero-order valence-electron chi connectivity index (χ0n) is 12.5. The number of nitrogens with one attached hydrogen (secondary N) is 1. The lowest BCUT2D eigenvalue weighted by molar-refractivity contribution is -0.150. The lowest BCUT2D eigenvalue weighted by Crippen LogP contribution is -2.56. The Hall–Kier alpha value is -0.960. The minimum Gasteiger partial charge on any atom is -0.394 e. The zero-order valence-corrected chi connectivity index (χ0v) is 14.3. The van der Waals surface area contributed by atoms with Crippen LogP contribution in [-0.4, -0.2) is 87.7 Å². The first-order valence-electron chi connectivity index (χ1n) is 5.99. The van der Waals surface area contributed by atoms with Crippen LogP contribution in [0, 0.1) is 0 Å². The van der Waals surface area contributed by atoms with Gasteiger partial charge in [0.2, 0.25) is 5.91 Å². The van der Waals surface area contributed by atoms with Gasteiger partial charge in [-0.1, -0.05) is 0 Å². The molecular formula is C8H19NO14P2. The molecule has 0 aromatic rings. The Kier molecular flexibility index (Phi) is 11.5. The van der Waals surface area contributed by atoms with Crippen LogP contribution in [0.1, 0.15) is 6.92 Å². The third-order valence-electron chi connectivity index (χ3n) is 2.09. The molecule has 1 amide bonds. The van der Waals surface area contributed by atoms with E-state index < -0.39 is 58.5 Å². The van der Waals surface area contributed by atoms with E-state index in [0.717, 1.165) is 6.92 Å². The summed E-state index contributed by atoms with van der Waals surface area (Å²) >= 11 is 0. The Morgan fingerprint density at radius 3 is 1.68 bits per heavy atom. The summed E-state index contributed by atoms with van der Waals surface area (Å²) in [6, 6.07) is -2.05. The van der Waals surface area contributed by atoms with Crippen LogP contribution in [0.4, 0.5) is 0 Å². The van der Waals surface area contributed by atoms with Gasteiger partial charge in [0, 0.05) is 6.92 Å². The monoisotopic (exact) mass is 415 g/mol. The molecule has 0 heterocycles. The van der Waals surface area contributed by atoms with Crippen molar-refractivity contribution in [3.8, 4) is 0 Å². The SMILES string of the molecule is CC(=O)N[C@@H](C(=O)OP(=O)(O)O)[C@@H](O)[C@H](O)[C@H](O)CO.O=P(O)(O)O. The Bertz CT molecular complexity index is 519. The molecule has 0 saturated heterocycles. The number of hydrogen-bond donors (Lipinski definition) is 10. The molecule has 0 fully saturated rings. The van der Waals surface area contributed by atoms with Gasteiger partial charge in [-0.2, -0.15) is 0 Å². The molecule has 0 rings (SSSR count). The van der Waals surface area contributed by atoms with Gasteiger partial charge in [-0.05, 0) is 0 Å². The smallest absolute Gasteiger partial charge is 0.394 e. The number of aliphatic hydroxyl groups is 4. The average Bonchev–Trinajstić information content (AvgIpc) is 2.38. The van der Waals surface area contributed by atoms with Gasteiger partial charge in [-0.15, -0.1) is 0 Å². The van der Waals surface area contributed by atoms with Crippen LogP contribution in [0.15, 0.2) is 0 Å². The molecule has 15 nitrogen and oxygen atoms in total. The third-order valence-corrected chi connectivity index (χ3v) is 2.51. The van der Waals surface area contributed by atoms with Crippen LogP contribution in [0.3, 0.4) is 0 Å². The summed E-state index contributed by atoms with van der Waals surface area (Å²) in [4.78, 5) is 60.8. The van der Waals surface area contributed by atoms with Crippen molar-refractivity contribution in [1.29, 1.82) is 0 Å². The van der Waals surface area contributed by atoms with Crippen molar-refractivity contribution in [2.24, 2.45) is 0 Å². The minimum atomic E-state index is -5.23. The average molecular weight is 415 g/mol. The molecule has 0 unspecified atom stereocenters. The molecule has 0 saturated carbocycles.